The average Bonchev–Trinajstić information content (AvgIpc) is 2.63. The molecule has 0 aliphatic heterocycles. The number of rotatable bonds is 4. The summed E-state index contributed by atoms with van der Waals surface area (Å²) in [7, 11) is 0. The highest BCUT2D eigenvalue weighted by Gasteiger charge is 2.14. The second-order valence-electron chi connectivity index (χ2n) is 4.95. The zero-order valence-corrected chi connectivity index (χ0v) is 12.6. The SMILES string of the molecule is N#Cc1ccc(Nc2cc(Nc3ccc(F)c(F)c3F)ncn2)cc1. The fourth-order valence-corrected chi connectivity index (χ4v) is 2.03. The van der Waals surface area contributed by atoms with Crippen molar-refractivity contribution in [3.05, 3.63) is 71.8 Å². The lowest BCUT2D eigenvalue weighted by atomic mass is 10.2. The van der Waals surface area contributed by atoms with Gasteiger partial charge in [0.25, 0.3) is 0 Å². The Bertz CT molecular complexity index is 951. The first-order valence-electron chi connectivity index (χ1n) is 7.06. The van der Waals surface area contributed by atoms with E-state index in [1.165, 1.54) is 12.4 Å². The third-order valence-corrected chi connectivity index (χ3v) is 3.25. The zero-order valence-electron chi connectivity index (χ0n) is 12.6. The number of hydrogen-bond donors (Lipinski definition) is 2. The van der Waals surface area contributed by atoms with E-state index in [0.717, 1.165) is 12.1 Å². The van der Waals surface area contributed by atoms with Crippen LogP contribution in [0.4, 0.5) is 36.2 Å². The molecule has 2 aromatic carbocycles. The molecule has 0 bridgehead atoms. The van der Waals surface area contributed by atoms with Crippen LogP contribution in [0.5, 0.6) is 0 Å². The monoisotopic (exact) mass is 341 g/mol. The van der Waals surface area contributed by atoms with E-state index in [0.29, 0.717) is 17.1 Å². The van der Waals surface area contributed by atoms with Crippen LogP contribution in [0.1, 0.15) is 5.56 Å². The smallest absolute Gasteiger partial charge is 0.196 e. The molecular formula is C17H10F3N5. The lowest BCUT2D eigenvalue weighted by Crippen LogP contribution is -2.02. The number of aromatic nitrogens is 2. The minimum absolute atomic E-state index is 0.191. The molecule has 8 heteroatoms. The van der Waals surface area contributed by atoms with Gasteiger partial charge in [-0.25, -0.2) is 23.1 Å². The zero-order chi connectivity index (χ0) is 17.8. The maximum atomic E-state index is 13.7. The lowest BCUT2D eigenvalue weighted by Gasteiger charge is -2.10. The first-order chi connectivity index (χ1) is 12.1. The van der Waals surface area contributed by atoms with Gasteiger partial charge in [0.1, 0.15) is 18.0 Å². The van der Waals surface area contributed by atoms with Crippen LogP contribution in [0.3, 0.4) is 0 Å². The number of benzene rings is 2. The normalized spacial score (nSPS) is 10.2. The van der Waals surface area contributed by atoms with Gasteiger partial charge in [-0.3, -0.25) is 0 Å². The summed E-state index contributed by atoms with van der Waals surface area (Å²) in [5, 5.41) is 14.3. The minimum atomic E-state index is -1.56. The van der Waals surface area contributed by atoms with Gasteiger partial charge < -0.3 is 10.6 Å². The summed E-state index contributed by atoms with van der Waals surface area (Å²) in [4.78, 5) is 7.93. The molecule has 0 spiro atoms. The number of anilines is 4. The molecule has 0 saturated carbocycles. The van der Waals surface area contributed by atoms with Gasteiger partial charge in [-0.05, 0) is 36.4 Å². The van der Waals surface area contributed by atoms with Crippen molar-refractivity contribution in [2.75, 3.05) is 10.6 Å². The van der Waals surface area contributed by atoms with Gasteiger partial charge in [-0.15, -0.1) is 0 Å². The Morgan fingerprint density at radius 1 is 0.840 bits per heavy atom. The molecule has 3 aromatic rings. The van der Waals surface area contributed by atoms with Crippen molar-refractivity contribution < 1.29 is 13.2 Å². The molecular weight excluding hydrogens is 331 g/mol. The third-order valence-electron chi connectivity index (χ3n) is 3.25. The van der Waals surface area contributed by atoms with Crippen molar-refractivity contribution in [2.24, 2.45) is 0 Å². The van der Waals surface area contributed by atoms with E-state index in [2.05, 4.69) is 20.6 Å². The molecule has 0 amide bonds. The third kappa shape index (κ3) is 3.67. The van der Waals surface area contributed by atoms with Gasteiger partial charge in [0, 0.05) is 11.8 Å². The number of nitriles is 1. The maximum Gasteiger partial charge on any atom is 0.196 e. The Morgan fingerprint density at radius 3 is 2.20 bits per heavy atom. The summed E-state index contributed by atoms with van der Waals surface area (Å²) in [5.41, 5.74) is 0.953. The van der Waals surface area contributed by atoms with Gasteiger partial charge in [-0.1, -0.05) is 0 Å². The highest BCUT2D eigenvalue weighted by molar-refractivity contribution is 5.63. The van der Waals surface area contributed by atoms with Gasteiger partial charge >= 0.3 is 0 Å². The molecule has 2 N–H and O–H groups in total. The van der Waals surface area contributed by atoms with Crippen LogP contribution >= 0.6 is 0 Å². The van der Waals surface area contributed by atoms with E-state index >= 15 is 0 Å². The average molecular weight is 341 g/mol. The van der Waals surface area contributed by atoms with E-state index in [-0.39, 0.29) is 11.5 Å². The highest BCUT2D eigenvalue weighted by atomic mass is 19.2. The molecule has 0 atom stereocenters. The predicted molar refractivity (Wildman–Crippen MR) is 86.1 cm³/mol. The van der Waals surface area contributed by atoms with E-state index in [1.807, 2.05) is 6.07 Å². The summed E-state index contributed by atoms with van der Waals surface area (Å²) in [6.07, 6.45) is 1.23. The first-order valence-corrected chi connectivity index (χ1v) is 7.06. The van der Waals surface area contributed by atoms with E-state index in [9.17, 15) is 13.2 Å². The molecule has 0 fully saturated rings. The largest absolute Gasteiger partial charge is 0.340 e. The number of halogens is 3. The molecule has 0 radical (unpaired) electrons. The van der Waals surface area contributed by atoms with E-state index in [1.54, 1.807) is 24.3 Å². The molecule has 1 heterocycles. The molecule has 0 saturated heterocycles. The molecule has 0 aliphatic carbocycles. The van der Waals surface area contributed by atoms with Crippen LogP contribution in [0.2, 0.25) is 0 Å². The number of hydrogen-bond acceptors (Lipinski definition) is 5. The van der Waals surface area contributed by atoms with Crippen LogP contribution < -0.4 is 10.6 Å². The molecule has 3 rings (SSSR count). The Balaban J connectivity index is 1.79. The second-order valence-corrected chi connectivity index (χ2v) is 4.95. The minimum Gasteiger partial charge on any atom is -0.340 e. The van der Waals surface area contributed by atoms with Crippen molar-refractivity contribution in [1.82, 2.24) is 9.97 Å². The summed E-state index contributed by atoms with van der Waals surface area (Å²) in [5.74, 6) is -3.58. The standard InChI is InChI=1S/C17H10F3N5/c18-12-5-6-13(17(20)16(12)19)25-15-7-14(22-9-23-15)24-11-3-1-10(8-21)2-4-11/h1-7,9H,(H2,22,23,24,25). The predicted octanol–water partition coefficient (Wildman–Crippen LogP) is 4.25. The van der Waals surface area contributed by atoms with Crippen molar-refractivity contribution >= 4 is 23.0 Å². The Kier molecular flexibility index (Phi) is 4.48. The maximum absolute atomic E-state index is 13.7. The van der Waals surface area contributed by atoms with Crippen LogP contribution in [0.25, 0.3) is 0 Å². The Hall–Kier alpha value is -3.60. The van der Waals surface area contributed by atoms with Crippen molar-refractivity contribution in [3.63, 3.8) is 0 Å². The van der Waals surface area contributed by atoms with Crippen LogP contribution in [0, 0.1) is 28.8 Å². The van der Waals surface area contributed by atoms with Crippen LogP contribution in [-0.2, 0) is 0 Å². The fraction of sp³-hybridized carbons (Fsp3) is 0. The second kappa shape index (κ2) is 6.88. The topological polar surface area (TPSA) is 73.6 Å². The Labute approximate surface area is 140 Å². The highest BCUT2D eigenvalue weighted by Crippen LogP contribution is 2.24. The van der Waals surface area contributed by atoms with Gasteiger partial charge in [0.2, 0.25) is 0 Å². The molecule has 5 nitrogen and oxygen atoms in total. The molecule has 0 aliphatic rings. The van der Waals surface area contributed by atoms with Gasteiger partial charge in [-0.2, -0.15) is 5.26 Å². The lowest BCUT2D eigenvalue weighted by molar-refractivity contribution is 0.449. The van der Waals surface area contributed by atoms with E-state index < -0.39 is 17.5 Å². The summed E-state index contributed by atoms with van der Waals surface area (Å²) in [6, 6.07) is 12.0. The fourth-order valence-electron chi connectivity index (χ4n) is 2.03. The van der Waals surface area contributed by atoms with Crippen molar-refractivity contribution in [1.29, 1.82) is 5.26 Å². The molecule has 0 unspecified atom stereocenters. The van der Waals surface area contributed by atoms with Gasteiger partial charge in [0.15, 0.2) is 17.5 Å². The van der Waals surface area contributed by atoms with Crippen LogP contribution in [0.15, 0.2) is 48.8 Å². The summed E-state index contributed by atoms with van der Waals surface area (Å²) in [6.45, 7) is 0. The number of nitrogens with zero attached hydrogens (tertiary/aromatic N) is 3. The van der Waals surface area contributed by atoms with E-state index in [4.69, 9.17) is 5.26 Å². The number of nitrogens with one attached hydrogen (secondary N) is 2. The van der Waals surface area contributed by atoms with Crippen LogP contribution in [-0.4, -0.2) is 9.97 Å². The molecule has 1 aromatic heterocycles. The van der Waals surface area contributed by atoms with Crippen molar-refractivity contribution in [2.45, 2.75) is 0 Å². The summed E-state index contributed by atoms with van der Waals surface area (Å²) >= 11 is 0. The first kappa shape index (κ1) is 16.3. The summed E-state index contributed by atoms with van der Waals surface area (Å²) < 4.78 is 39.9. The van der Waals surface area contributed by atoms with Crippen molar-refractivity contribution in [3.8, 4) is 6.07 Å². The Morgan fingerprint density at radius 2 is 1.52 bits per heavy atom. The molecule has 124 valence electrons. The van der Waals surface area contributed by atoms with Gasteiger partial charge in [0.05, 0.1) is 17.3 Å². The quantitative estimate of drug-likeness (QED) is 0.694. The molecule has 25 heavy (non-hydrogen) atoms.